The van der Waals surface area contributed by atoms with Crippen molar-refractivity contribution in [3.05, 3.63) is 10.6 Å². The summed E-state index contributed by atoms with van der Waals surface area (Å²) < 4.78 is 5.44. The van der Waals surface area contributed by atoms with Crippen molar-refractivity contribution in [3.63, 3.8) is 0 Å². The predicted molar refractivity (Wildman–Crippen MR) is 78.0 cm³/mol. The molecule has 0 radical (unpaired) electrons. The average Bonchev–Trinajstić information content (AvgIpc) is 2.89. The molecule has 0 saturated carbocycles. The van der Waals surface area contributed by atoms with E-state index in [1.165, 1.54) is 4.88 Å². The first-order chi connectivity index (χ1) is 9.76. The standard InChI is InChI=1S/C13H20N4O2S/c1-2-17-5-3-9-11(8-17)20-13(15-9)16-12(18)10-7-14-4-6-19-10/h10,14H,2-8H2,1H3,(H,15,16,18). The zero-order valence-corrected chi connectivity index (χ0v) is 12.5. The fourth-order valence-electron chi connectivity index (χ4n) is 2.49. The van der Waals surface area contributed by atoms with Gasteiger partial charge in [-0.25, -0.2) is 4.98 Å². The van der Waals surface area contributed by atoms with E-state index in [2.05, 4.69) is 27.4 Å². The summed E-state index contributed by atoms with van der Waals surface area (Å²) in [5.41, 5.74) is 1.14. The Kier molecular flexibility index (Phi) is 4.30. The number of nitrogens with zero attached hydrogens (tertiary/aromatic N) is 2. The third-order valence-corrected chi connectivity index (χ3v) is 4.71. The van der Waals surface area contributed by atoms with Crippen molar-refractivity contribution in [1.82, 2.24) is 15.2 Å². The Balaban J connectivity index is 1.63. The molecule has 2 N–H and O–H groups in total. The highest BCUT2D eigenvalue weighted by molar-refractivity contribution is 7.15. The van der Waals surface area contributed by atoms with E-state index in [0.717, 1.165) is 38.3 Å². The maximum Gasteiger partial charge on any atom is 0.256 e. The number of nitrogens with one attached hydrogen (secondary N) is 2. The van der Waals surface area contributed by atoms with Crippen molar-refractivity contribution in [3.8, 4) is 0 Å². The second kappa shape index (κ2) is 6.17. The van der Waals surface area contributed by atoms with Gasteiger partial charge in [-0.05, 0) is 6.54 Å². The van der Waals surface area contributed by atoms with Crippen LogP contribution >= 0.6 is 11.3 Å². The lowest BCUT2D eigenvalue weighted by molar-refractivity contribution is -0.128. The molecule has 0 aliphatic carbocycles. The van der Waals surface area contributed by atoms with Gasteiger partial charge in [0.15, 0.2) is 5.13 Å². The van der Waals surface area contributed by atoms with Gasteiger partial charge in [0.25, 0.3) is 5.91 Å². The van der Waals surface area contributed by atoms with Crippen LogP contribution in [0.15, 0.2) is 0 Å². The Bertz CT molecular complexity index is 485. The summed E-state index contributed by atoms with van der Waals surface area (Å²) in [5, 5.41) is 6.74. The van der Waals surface area contributed by atoms with E-state index in [-0.39, 0.29) is 5.91 Å². The van der Waals surface area contributed by atoms with Gasteiger partial charge < -0.3 is 10.1 Å². The highest BCUT2D eigenvalue weighted by Gasteiger charge is 2.24. The number of anilines is 1. The summed E-state index contributed by atoms with van der Waals surface area (Å²) in [7, 11) is 0. The molecule has 3 rings (SSSR count). The first kappa shape index (κ1) is 13.9. The normalized spacial score (nSPS) is 23.4. The van der Waals surface area contributed by atoms with Crippen LogP contribution < -0.4 is 10.6 Å². The van der Waals surface area contributed by atoms with Gasteiger partial charge in [0.2, 0.25) is 0 Å². The van der Waals surface area contributed by atoms with Gasteiger partial charge in [0.05, 0.1) is 12.3 Å². The molecule has 6 nitrogen and oxygen atoms in total. The lowest BCUT2D eigenvalue weighted by Crippen LogP contribution is -2.45. The maximum atomic E-state index is 12.1. The number of carbonyl (C=O) groups is 1. The van der Waals surface area contributed by atoms with Crippen LogP contribution in [0.5, 0.6) is 0 Å². The Morgan fingerprint density at radius 1 is 1.65 bits per heavy atom. The molecule has 20 heavy (non-hydrogen) atoms. The van der Waals surface area contributed by atoms with Gasteiger partial charge in [-0.2, -0.15) is 0 Å². The van der Waals surface area contributed by atoms with Crippen LogP contribution in [0.4, 0.5) is 5.13 Å². The number of ether oxygens (including phenoxy) is 1. The van der Waals surface area contributed by atoms with E-state index in [1.54, 1.807) is 11.3 Å². The molecule has 1 aromatic rings. The molecule has 1 fully saturated rings. The van der Waals surface area contributed by atoms with E-state index >= 15 is 0 Å². The molecule has 110 valence electrons. The van der Waals surface area contributed by atoms with Crippen LogP contribution in [-0.4, -0.2) is 54.7 Å². The van der Waals surface area contributed by atoms with E-state index in [9.17, 15) is 4.79 Å². The van der Waals surface area contributed by atoms with E-state index in [0.29, 0.717) is 18.3 Å². The number of morpholine rings is 1. The van der Waals surface area contributed by atoms with Gasteiger partial charge in [-0.3, -0.25) is 15.0 Å². The Hall–Kier alpha value is -1.02. The van der Waals surface area contributed by atoms with Gasteiger partial charge in [-0.1, -0.05) is 6.92 Å². The number of carbonyl (C=O) groups excluding carboxylic acids is 1. The van der Waals surface area contributed by atoms with Crippen molar-refractivity contribution >= 4 is 22.4 Å². The quantitative estimate of drug-likeness (QED) is 0.848. The summed E-state index contributed by atoms with van der Waals surface area (Å²) in [6.45, 7) is 7.18. The first-order valence-electron chi connectivity index (χ1n) is 7.10. The number of fused-ring (bicyclic) bond motifs is 1. The van der Waals surface area contributed by atoms with Crippen molar-refractivity contribution < 1.29 is 9.53 Å². The van der Waals surface area contributed by atoms with Crippen molar-refractivity contribution in [2.45, 2.75) is 26.0 Å². The number of hydrogen-bond acceptors (Lipinski definition) is 6. The van der Waals surface area contributed by atoms with E-state index in [4.69, 9.17) is 4.74 Å². The SMILES string of the molecule is CCN1CCc2nc(NC(=O)C3CNCCO3)sc2C1. The third-order valence-electron chi connectivity index (χ3n) is 3.71. The molecular formula is C13H20N4O2S. The highest BCUT2D eigenvalue weighted by Crippen LogP contribution is 2.28. The van der Waals surface area contributed by atoms with E-state index < -0.39 is 6.10 Å². The maximum absolute atomic E-state index is 12.1. The molecule has 1 amide bonds. The number of aromatic nitrogens is 1. The van der Waals surface area contributed by atoms with Gasteiger partial charge in [0.1, 0.15) is 6.10 Å². The fourth-order valence-corrected chi connectivity index (χ4v) is 3.54. The van der Waals surface area contributed by atoms with E-state index in [1.807, 2.05) is 0 Å². The van der Waals surface area contributed by atoms with Crippen LogP contribution in [0, 0.1) is 0 Å². The zero-order chi connectivity index (χ0) is 13.9. The number of hydrogen-bond donors (Lipinski definition) is 2. The van der Waals surface area contributed by atoms with Gasteiger partial charge in [-0.15, -0.1) is 11.3 Å². The topological polar surface area (TPSA) is 66.5 Å². The molecule has 2 aliphatic rings. The van der Waals surface area contributed by atoms with Crippen LogP contribution in [0.1, 0.15) is 17.5 Å². The molecule has 2 aliphatic heterocycles. The zero-order valence-electron chi connectivity index (χ0n) is 11.6. The number of likely N-dealkylation sites (N-methyl/N-ethyl adjacent to an activating group) is 1. The third kappa shape index (κ3) is 3.01. The van der Waals surface area contributed by atoms with Crippen LogP contribution in [0.2, 0.25) is 0 Å². The molecule has 1 saturated heterocycles. The second-order valence-corrected chi connectivity index (χ2v) is 6.14. The van der Waals surface area contributed by atoms with Crippen molar-refractivity contribution in [2.75, 3.05) is 38.1 Å². The van der Waals surface area contributed by atoms with Crippen LogP contribution in [0.25, 0.3) is 0 Å². The van der Waals surface area contributed by atoms with Crippen molar-refractivity contribution in [1.29, 1.82) is 0 Å². The van der Waals surface area contributed by atoms with Gasteiger partial charge >= 0.3 is 0 Å². The fraction of sp³-hybridized carbons (Fsp3) is 0.692. The number of rotatable bonds is 3. The average molecular weight is 296 g/mol. The predicted octanol–water partition coefficient (Wildman–Crippen LogP) is 0.448. The van der Waals surface area contributed by atoms with Crippen molar-refractivity contribution in [2.24, 2.45) is 0 Å². The number of amides is 1. The molecule has 1 unspecified atom stereocenters. The molecule has 1 aromatic heterocycles. The lowest BCUT2D eigenvalue weighted by atomic mass is 10.2. The van der Waals surface area contributed by atoms with Gasteiger partial charge in [0, 0.05) is 37.5 Å². The summed E-state index contributed by atoms with van der Waals surface area (Å²) in [6.07, 6.45) is 0.564. The summed E-state index contributed by atoms with van der Waals surface area (Å²) in [4.78, 5) is 20.3. The summed E-state index contributed by atoms with van der Waals surface area (Å²) in [5.74, 6) is -0.101. The summed E-state index contributed by atoms with van der Waals surface area (Å²) >= 11 is 1.59. The smallest absolute Gasteiger partial charge is 0.256 e. The molecular weight excluding hydrogens is 276 g/mol. The number of thiazole rings is 1. The van der Waals surface area contributed by atoms with Crippen LogP contribution in [0.3, 0.4) is 0 Å². The minimum absolute atomic E-state index is 0.101. The molecule has 0 bridgehead atoms. The molecule has 3 heterocycles. The Labute approximate surface area is 122 Å². The molecule has 0 aromatic carbocycles. The Morgan fingerprint density at radius 3 is 3.30 bits per heavy atom. The minimum atomic E-state index is -0.406. The lowest BCUT2D eigenvalue weighted by Gasteiger charge is -2.23. The first-order valence-corrected chi connectivity index (χ1v) is 7.92. The molecule has 7 heteroatoms. The van der Waals surface area contributed by atoms with Crippen LogP contribution in [-0.2, 0) is 22.5 Å². The summed E-state index contributed by atoms with van der Waals surface area (Å²) in [6, 6.07) is 0. The Morgan fingerprint density at radius 2 is 2.55 bits per heavy atom. The second-order valence-electron chi connectivity index (χ2n) is 5.06. The highest BCUT2D eigenvalue weighted by atomic mass is 32.1. The molecule has 0 spiro atoms. The monoisotopic (exact) mass is 296 g/mol. The molecule has 1 atom stereocenters. The minimum Gasteiger partial charge on any atom is -0.366 e. The largest absolute Gasteiger partial charge is 0.366 e.